The van der Waals surface area contributed by atoms with E-state index in [4.69, 9.17) is 17.0 Å². The summed E-state index contributed by atoms with van der Waals surface area (Å²) in [6.45, 7) is 6.30. The minimum absolute atomic E-state index is 0.222. The van der Waals surface area contributed by atoms with Crippen LogP contribution in [0.5, 0.6) is 11.5 Å². The molecule has 0 aliphatic rings. The number of benzene rings is 1. The number of hydrogen-bond acceptors (Lipinski definition) is 5. The van der Waals surface area contributed by atoms with Gasteiger partial charge >= 0.3 is 0 Å². The van der Waals surface area contributed by atoms with Crippen molar-refractivity contribution in [3.63, 3.8) is 0 Å². The number of methoxy groups -OCH3 is 1. The van der Waals surface area contributed by atoms with Crippen molar-refractivity contribution in [3.8, 4) is 11.5 Å². The first-order chi connectivity index (χ1) is 9.88. The topological polar surface area (TPSA) is 54.6 Å². The van der Waals surface area contributed by atoms with Gasteiger partial charge in [0.15, 0.2) is 3.95 Å². The lowest BCUT2D eigenvalue weighted by Crippen LogP contribution is -2.08. The van der Waals surface area contributed by atoms with E-state index in [2.05, 4.69) is 0 Å². The first kappa shape index (κ1) is 16.0. The van der Waals surface area contributed by atoms with Gasteiger partial charge in [-0.3, -0.25) is 0 Å². The van der Waals surface area contributed by atoms with Crippen LogP contribution in [0.15, 0.2) is 5.38 Å². The highest BCUT2D eigenvalue weighted by Gasteiger charge is 2.18. The van der Waals surface area contributed by atoms with E-state index in [1.165, 1.54) is 11.3 Å². The SMILES string of the molecule is COCc1csc(=S)n1Cc1c(C)c(O)c(C)c(C)c1O. The number of ether oxygens (including phenoxy) is 1. The normalized spacial score (nSPS) is 11.0. The van der Waals surface area contributed by atoms with Crippen molar-refractivity contribution in [1.82, 2.24) is 4.57 Å². The van der Waals surface area contributed by atoms with Crippen LogP contribution < -0.4 is 0 Å². The third-order valence-electron chi connectivity index (χ3n) is 3.84. The van der Waals surface area contributed by atoms with E-state index < -0.39 is 0 Å². The monoisotopic (exact) mass is 325 g/mol. The van der Waals surface area contributed by atoms with E-state index >= 15 is 0 Å². The molecule has 1 aromatic heterocycles. The van der Waals surface area contributed by atoms with Gasteiger partial charge in [-0.15, -0.1) is 11.3 Å². The van der Waals surface area contributed by atoms with Crippen LogP contribution in [0.3, 0.4) is 0 Å². The zero-order chi connectivity index (χ0) is 15.7. The Balaban J connectivity index is 2.55. The van der Waals surface area contributed by atoms with Crippen molar-refractivity contribution in [1.29, 1.82) is 0 Å². The maximum absolute atomic E-state index is 10.4. The Morgan fingerprint density at radius 3 is 2.38 bits per heavy atom. The lowest BCUT2D eigenvalue weighted by molar-refractivity contribution is 0.178. The van der Waals surface area contributed by atoms with Gasteiger partial charge in [0.2, 0.25) is 0 Å². The number of aromatic nitrogens is 1. The van der Waals surface area contributed by atoms with Gasteiger partial charge in [-0.25, -0.2) is 0 Å². The van der Waals surface area contributed by atoms with Crippen molar-refractivity contribution in [3.05, 3.63) is 37.3 Å². The molecule has 0 aliphatic heterocycles. The average molecular weight is 325 g/mol. The summed E-state index contributed by atoms with van der Waals surface area (Å²) in [5, 5.41) is 22.6. The first-order valence-corrected chi connectivity index (χ1v) is 7.84. The lowest BCUT2D eigenvalue weighted by Gasteiger charge is -2.17. The number of phenols is 2. The van der Waals surface area contributed by atoms with E-state index in [1.54, 1.807) is 21.0 Å². The summed E-state index contributed by atoms with van der Waals surface area (Å²) in [6.07, 6.45) is 0. The molecule has 21 heavy (non-hydrogen) atoms. The molecule has 0 unspecified atom stereocenters. The van der Waals surface area contributed by atoms with Crippen molar-refractivity contribution in [2.45, 2.75) is 33.9 Å². The van der Waals surface area contributed by atoms with Crippen LogP contribution in [-0.4, -0.2) is 21.9 Å². The molecule has 0 bridgehead atoms. The Hall–Kier alpha value is -1.37. The molecule has 1 heterocycles. The number of aromatic hydroxyl groups is 2. The second kappa shape index (κ2) is 6.17. The van der Waals surface area contributed by atoms with Gasteiger partial charge in [0, 0.05) is 18.1 Å². The molecule has 2 rings (SSSR count). The van der Waals surface area contributed by atoms with E-state index in [1.807, 2.05) is 16.9 Å². The molecule has 0 spiro atoms. The summed E-state index contributed by atoms with van der Waals surface area (Å²) in [4.78, 5) is 0. The van der Waals surface area contributed by atoms with Gasteiger partial charge < -0.3 is 19.5 Å². The third-order valence-corrected chi connectivity index (χ3v) is 5.16. The average Bonchev–Trinajstić information content (AvgIpc) is 2.80. The van der Waals surface area contributed by atoms with Crippen LogP contribution in [0.25, 0.3) is 0 Å². The van der Waals surface area contributed by atoms with Gasteiger partial charge in [0.25, 0.3) is 0 Å². The summed E-state index contributed by atoms with van der Waals surface area (Å²) in [6, 6.07) is 0. The molecule has 0 radical (unpaired) electrons. The highest BCUT2D eigenvalue weighted by molar-refractivity contribution is 7.73. The molecule has 4 nitrogen and oxygen atoms in total. The molecule has 0 aliphatic carbocycles. The molecule has 0 saturated heterocycles. The molecule has 1 aromatic carbocycles. The molecule has 2 N–H and O–H groups in total. The maximum Gasteiger partial charge on any atom is 0.161 e. The summed E-state index contributed by atoms with van der Waals surface area (Å²) in [5.41, 5.74) is 3.75. The Labute approximate surface area is 133 Å². The largest absolute Gasteiger partial charge is 0.507 e. The summed E-state index contributed by atoms with van der Waals surface area (Å²) < 4.78 is 7.83. The molecule has 0 saturated carbocycles. The van der Waals surface area contributed by atoms with E-state index in [-0.39, 0.29) is 11.5 Å². The fourth-order valence-electron chi connectivity index (χ4n) is 2.32. The van der Waals surface area contributed by atoms with Crippen LogP contribution in [0.2, 0.25) is 0 Å². The van der Waals surface area contributed by atoms with Crippen LogP contribution in [0.4, 0.5) is 0 Å². The highest BCUT2D eigenvalue weighted by atomic mass is 32.1. The van der Waals surface area contributed by atoms with Gasteiger partial charge in [0.05, 0.1) is 18.8 Å². The zero-order valence-corrected chi connectivity index (χ0v) is 14.2. The lowest BCUT2D eigenvalue weighted by atomic mass is 9.97. The zero-order valence-electron chi connectivity index (χ0n) is 12.6. The number of hydrogen-bond donors (Lipinski definition) is 2. The van der Waals surface area contributed by atoms with Crippen LogP contribution in [0.1, 0.15) is 27.9 Å². The van der Waals surface area contributed by atoms with Crippen LogP contribution >= 0.6 is 23.6 Å². The quantitative estimate of drug-likeness (QED) is 0.663. The molecule has 0 atom stereocenters. The number of thiazole rings is 1. The minimum atomic E-state index is 0.222. The number of phenolic OH excluding ortho intramolecular Hbond substituents is 2. The molecule has 114 valence electrons. The molecule has 2 aromatic rings. The summed E-state index contributed by atoms with van der Waals surface area (Å²) in [5.74, 6) is 0.453. The predicted molar refractivity (Wildman–Crippen MR) is 86.9 cm³/mol. The maximum atomic E-state index is 10.4. The van der Waals surface area contributed by atoms with Gasteiger partial charge in [-0.1, -0.05) is 0 Å². The molecule has 0 amide bonds. The fourth-order valence-corrected chi connectivity index (χ4v) is 3.39. The van der Waals surface area contributed by atoms with E-state index in [0.717, 1.165) is 9.65 Å². The Bertz CT molecular complexity index is 702. The third kappa shape index (κ3) is 2.84. The second-order valence-corrected chi connectivity index (χ2v) is 6.57. The fraction of sp³-hybridized carbons (Fsp3) is 0.400. The van der Waals surface area contributed by atoms with Crippen molar-refractivity contribution >= 4 is 23.6 Å². The van der Waals surface area contributed by atoms with Gasteiger partial charge in [0.1, 0.15) is 11.5 Å². The predicted octanol–water partition coefficient (Wildman–Crippen LogP) is 3.81. The molecule has 0 fully saturated rings. The van der Waals surface area contributed by atoms with Crippen molar-refractivity contribution in [2.24, 2.45) is 0 Å². The smallest absolute Gasteiger partial charge is 0.161 e. The van der Waals surface area contributed by atoms with Crippen LogP contribution in [-0.2, 0) is 17.9 Å². The summed E-state index contributed by atoms with van der Waals surface area (Å²) in [7, 11) is 1.63. The highest BCUT2D eigenvalue weighted by Crippen LogP contribution is 2.37. The Morgan fingerprint density at radius 2 is 1.76 bits per heavy atom. The Kier molecular flexibility index (Phi) is 4.70. The van der Waals surface area contributed by atoms with E-state index in [0.29, 0.717) is 35.4 Å². The van der Waals surface area contributed by atoms with Crippen molar-refractivity contribution < 1.29 is 14.9 Å². The summed E-state index contributed by atoms with van der Waals surface area (Å²) >= 11 is 6.81. The number of nitrogens with zero attached hydrogens (tertiary/aromatic N) is 1. The van der Waals surface area contributed by atoms with Crippen molar-refractivity contribution in [2.75, 3.05) is 7.11 Å². The minimum Gasteiger partial charge on any atom is -0.507 e. The molecular weight excluding hydrogens is 306 g/mol. The van der Waals surface area contributed by atoms with Crippen LogP contribution in [0, 0.1) is 24.7 Å². The van der Waals surface area contributed by atoms with E-state index in [9.17, 15) is 10.2 Å². The standard InChI is InChI=1S/C15H19NO3S2/c1-8-9(2)14(18)12(10(3)13(8)17)5-16-11(6-19-4)7-21-15(16)20/h7,17-18H,5-6H2,1-4H3. The van der Waals surface area contributed by atoms with Gasteiger partial charge in [-0.2, -0.15) is 0 Å². The van der Waals surface area contributed by atoms with Gasteiger partial charge in [-0.05, 0) is 49.7 Å². The first-order valence-electron chi connectivity index (χ1n) is 6.55. The Morgan fingerprint density at radius 1 is 1.14 bits per heavy atom. The second-order valence-electron chi connectivity index (χ2n) is 5.06. The molecule has 6 heteroatoms. The molecular formula is C15H19NO3S2. The number of rotatable bonds is 4.